The lowest BCUT2D eigenvalue weighted by Crippen LogP contribution is -2.37. The first-order chi connectivity index (χ1) is 9.47. The molecule has 0 aliphatic rings. The van der Waals surface area contributed by atoms with Gasteiger partial charge < -0.3 is 10.6 Å². The van der Waals surface area contributed by atoms with E-state index >= 15 is 0 Å². The molecule has 1 rings (SSSR count). The molecule has 1 aromatic rings. The summed E-state index contributed by atoms with van der Waals surface area (Å²) in [7, 11) is 1.62. The summed E-state index contributed by atoms with van der Waals surface area (Å²) in [6, 6.07) is 0. The fourth-order valence-electron chi connectivity index (χ4n) is 1.48. The molecule has 0 aliphatic heterocycles. The molecular weight excluding hydrogens is 416 g/mol. The van der Waals surface area contributed by atoms with Gasteiger partial charge in [-0.3, -0.25) is 4.99 Å². The maximum Gasteiger partial charge on any atom is 0.434 e. The number of aliphatic imine (C=N–C) groups is 1. The first-order valence-electron chi connectivity index (χ1n) is 6.43. The average molecular weight is 436 g/mol. The lowest BCUT2D eigenvalue weighted by Gasteiger charge is -2.10. The van der Waals surface area contributed by atoms with Crippen LogP contribution >= 0.6 is 35.3 Å². The van der Waals surface area contributed by atoms with Gasteiger partial charge in [-0.25, -0.2) is 4.98 Å². The van der Waals surface area contributed by atoms with Gasteiger partial charge in [0, 0.05) is 19.0 Å². The van der Waals surface area contributed by atoms with Crippen LogP contribution in [0.3, 0.4) is 0 Å². The number of guanidine groups is 1. The van der Waals surface area contributed by atoms with Crippen molar-refractivity contribution in [3.05, 3.63) is 16.1 Å². The van der Waals surface area contributed by atoms with E-state index in [0.717, 1.165) is 42.5 Å². The minimum Gasteiger partial charge on any atom is -0.356 e. The second-order valence-electron chi connectivity index (χ2n) is 4.18. The van der Waals surface area contributed by atoms with Gasteiger partial charge in [0.2, 0.25) is 0 Å². The van der Waals surface area contributed by atoms with E-state index < -0.39 is 11.9 Å². The van der Waals surface area contributed by atoms with Crippen LogP contribution in [-0.4, -0.2) is 24.5 Å². The van der Waals surface area contributed by atoms with E-state index in [9.17, 15) is 13.2 Å². The SMILES string of the molecule is CCCCCNC(=NC)NCc1nc(C(F)(F)F)cs1.I. The van der Waals surface area contributed by atoms with E-state index in [4.69, 9.17) is 0 Å². The summed E-state index contributed by atoms with van der Waals surface area (Å²) in [5, 5.41) is 7.46. The minimum atomic E-state index is -4.38. The van der Waals surface area contributed by atoms with Crippen molar-refractivity contribution in [2.24, 2.45) is 4.99 Å². The molecule has 0 saturated carbocycles. The number of thiazole rings is 1. The first-order valence-corrected chi connectivity index (χ1v) is 7.31. The Morgan fingerprint density at radius 3 is 2.57 bits per heavy atom. The fourth-order valence-corrected chi connectivity index (χ4v) is 2.22. The molecule has 1 heterocycles. The first kappa shape index (κ1) is 20.4. The second-order valence-corrected chi connectivity index (χ2v) is 5.13. The van der Waals surface area contributed by atoms with Crippen molar-refractivity contribution in [1.29, 1.82) is 0 Å². The molecule has 0 aromatic carbocycles. The Labute approximate surface area is 143 Å². The van der Waals surface area contributed by atoms with E-state index in [1.54, 1.807) is 7.05 Å². The molecule has 0 amide bonds. The molecule has 122 valence electrons. The van der Waals surface area contributed by atoms with Crippen molar-refractivity contribution in [2.45, 2.75) is 38.9 Å². The molecule has 0 aliphatic carbocycles. The van der Waals surface area contributed by atoms with Gasteiger partial charge in [-0.05, 0) is 6.42 Å². The average Bonchev–Trinajstić information content (AvgIpc) is 2.87. The van der Waals surface area contributed by atoms with Gasteiger partial charge in [0.1, 0.15) is 5.01 Å². The number of nitrogens with one attached hydrogen (secondary N) is 2. The number of nitrogens with zero attached hydrogens (tertiary/aromatic N) is 2. The number of rotatable bonds is 6. The third kappa shape index (κ3) is 7.84. The zero-order chi connectivity index (χ0) is 15.0. The molecule has 0 radical (unpaired) electrons. The molecule has 0 unspecified atom stereocenters. The van der Waals surface area contributed by atoms with Crippen LogP contribution in [0.2, 0.25) is 0 Å². The minimum absolute atomic E-state index is 0. The van der Waals surface area contributed by atoms with Crippen LogP contribution in [0.5, 0.6) is 0 Å². The zero-order valence-corrected chi connectivity index (χ0v) is 15.1. The lowest BCUT2D eigenvalue weighted by atomic mass is 10.2. The van der Waals surface area contributed by atoms with Crippen molar-refractivity contribution in [3.8, 4) is 0 Å². The molecule has 0 spiro atoms. The lowest BCUT2D eigenvalue weighted by molar-refractivity contribution is -0.140. The van der Waals surface area contributed by atoms with Crippen molar-refractivity contribution >= 4 is 41.3 Å². The van der Waals surface area contributed by atoms with Gasteiger partial charge in [0.15, 0.2) is 11.7 Å². The third-order valence-electron chi connectivity index (χ3n) is 2.55. The van der Waals surface area contributed by atoms with E-state index in [0.29, 0.717) is 11.0 Å². The maximum absolute atomic E-state index is 12.4. The number of hydrogen-bond donors (Lipinski definition) is 2. The number of halogens is 4. The van der Waals surface area contributed by atoms with Gasteiger partial charge in [-0.2, -0.15) is 13.2 Å². The van der Waals surface area contributed by atoms with Gasteiger partial charge >= 0.3 is 6.18 Å². The summed E-state index contributed by atoms with van der Waals surface area (Å²) in [5.41, 5.74) is -0.842. The predicted octanol–water partition coefficient (Wildman–Crippen LogP) is 3.64. The summed E-state index contributed by atoms with van der Waals surface area (Å²) in [4.78, 5) is 7.55. The van der Waals surface area contributed by atoms with E-state index in [-0.39, 0.29) is 30.5 Å². The molecule has 0 saturated heterocycles. The molecule has 0 atom stereocenters. The molecule has 4 nitrogen and oxygen atoms in total. The second kappa shape index (κ2) is 10.2. The van der Waals surface area contributed by atoms with E-state index in [1.807, 2.05) is 0 Å². The number of aromatic nitrogens is 1. The Balaban J connectivity index is 0.00000400. The van der Waals surface area contributed by atoms with Crippen LogP contribution in [0, 0.1) is 0 Å². The quantitative estimate of drug-likeness (QED) is 0.310. The Morgan fingerprint density at radius 2 is 2.05 bits per heavy atom. The molecular formula is C12H20F3IN4S. The Kier molecular flexibility index (Phi) is 9.92. The fraction of sp³-hybridized carbons (Fsp3) is 0.667. The summed E-state index contributed by atoms with van der Waals surface area (Å²) >= 11 is 0.984. The van der Waals surface area contributed by atoms with Crippen LogP contribution in [0.4, 0.5) is 13.2 Å². The molecule has 0 bridgehead atoms. The Bertz CT molecular complexity index is 434. The molecule has 21 heavy (non-hydrogen) atoms. The van der Waals surface area contributed by atoms with Gasteiger partial charge in [-0.15, -0.1) is 35.3 Å². The number of alkyl halides is 3. The van der Waals surface area contributed by atoms with Crippen LogP contribution in [0.25, 0.3) is 0 Å². The molecule has 9 heteroatoms. The van der Waals surface area contributed by atoms with Crippen molar-refractivity contribution in [3.63, 3.8) is 0 Å². The molecule has 0 fully saturated rings. The highest BCUT2D eigenvalue weighted by atomic mass is 127. The van der Waals surface area contributed by atoms with Crippen molar-refractivity contribution < 1.29 is 13.2 Å². The Hall–Kier alpha value is -0.580. The largest absolute Gasteiger partial charge is 0.434 e. The molecule has 1 aromatic heterocycles. The summed E-state index contributed by atoms with van der Waals surface area (Å²) < 4.78 is 37.2. The highest BCUT2D eigenvalue weighted by Gasteiger charge is 2.33. The molecule has 2 N–H and O–H groups in total. The van der Waals surface area contributed by atoms with Crippen LogP contribution in [0.1, 0.15) is 36.9 Å². The number of hydrogen-bond acceptors (Lipinski definition) is 3. The predicted molar refractivity (Wildman–Crippen MR) is 90.3 cm³/mol. The third-order valence-corrected chi connectivity index (χ3v) is 3.39. The van der Waals surface area contributed by atoms with Gasteiger partial charge in [0.05, 0.1) is 6.54 Å². The van der Waals surface area contributed by atoms with Crippen LogP contribution in [-0.2, 0) is 12.7 Å². The standard InChI is InChI=1S/C12H19F3N4S.HI/c1-3-4-5-6-17-11(16-2)18-7-10-19-9(8-20-10)12(13,14)15;/h8H,3-7H2,1-2H3,(H2,16,17,18);1H. The van der Waals surface area contributed by atoms with Gasteiger partial charge in [-0.1, -0.05) is 19.8 Å². The van der Waals surface area contributed by atoms with E-state index in [1.165, 1.54) is 0 Å². The van der Waals surface area contributed by atoms with Crippen molar-refractivity contribution in [1.82, 2.24) is 15.6 Å². The summed E-state index contributed by atoms with van der Waals surface area (Å²) in [5.74, 6) is 0.574. The monoisotopic (exact) mass is 436 g/mol. The van der Waals surface area contributed by atoms with Crippen LogP contribution in [0.15, 0.2) is 10.4 Å². The zero-order valence-electron chi connectivity index (χ0n) is 12.0. The van der Waals surface area contributed by atoms with E-state index in [2.05, 4.69) is 27.5 Å². The maximum atomic E-state index is 12.4. The van der Waals surface area contributed by atoms with Crippen molar-refractivity contribution in [2.75, 3.05) is 13.6 Å². The smallest absolute Gasteiger partial charge is 0.356 e. The van der Waals surface area contributed by atoms with Gasteiger partial charge in [0.25, 0.3) is 0 Å². The number of unbranched alkanes of at least 4 members (excludes halogenated alkanes) is 2. The van der Waals surface area contributed by atoms with Crippen LogP contribution < -0.4 is 10.6 Å². The highest BCUT2D eigenvalue weighted by molar-refractivity contribution is 14.0. The summed E-state index contributed by atoms with van der Waals surface area (Å²) in [6.45, 7) is 3.14. The summed E-state index contributed by atoms with van der Waals surface area (Å²) in [6.07, 6.45) is -1.08. The highest BCUT2D eigenvalue weighted by Crippen LogP contribution is 2.29. The normalized spacial score (nSPS) is 12.0. The Morgan fingerprint density at radius 1 is 1.33 bits per heavy atom. The topological polar surface area (TPSA) is 49.3 Å².